The fourth-order valence-electron chi connectivity index (χ4n) is 3.39. The molecule has 0 saturated carbocycles. The van der Waals surface area contributed by atoms with E-state index in [2.05, 4.69) is 27.2 Å². The highest BCUT2D eigenvalue weighted by molar-refractivity contribution is 7.18. The van der Waals surface area contributed by atoms with Crippen LogP contribution in [0.1, 0.15) is 46.6 Å². The van der Waals surface area contributed by atoms with Crippen LogP contribution in [-0.4, -0.2) is 20.9 Å². The van der Waals surface area contributed by atoms with Crippen LogP contribution in [0.2, 0.25) is 0 Å². The molecule has 0 aromatic carbocycles. The highest BCUT2D eigenvalue weighted by atomic mass is 32.1. The van der Waals surface area contributed by atoms with Gasteiger partial charge < -0.3 is 10.3 Å². The van der Waals surface area contributed by atoms with Gasteiger partial charge in [0.15, 0.2) is 5.13 Å². The number of thiophene rings is 1. The first-order chi connectivity index (χ1) is 12.5. The second kappa shape index (κ2) is 6.92. The van der Waals surface area contributed by atoms with E-state index in [4.69, 9.17) is 0 Å². The van der Waals surface area contributed by atoms with Gasteiger partial charge in [0, 0.05) is 22.6 Å². The van der Waals surface area contributed by atoms with Crippen molar-refractivity contribution >= 4 is 43.9 Å². The lowest BCUT2D eigenvalue weighted by Gasteiger charge is -2.02. The minimum Gasteiger partial charge on any atom is -0.310 e. The smallest absolute Gasteiger partial charge is 0.259 e. The zero-order chi connectivity index (χ0) is 18.3. The van der Waals surface area contributed by atoms with Gasteiger partial charge in [0.05, 0.1) is 11.1 Å². The zero-order valence-electron chi connectivity index (χ0n) is 14.8. The van der Waals surface area contributed by atoms with Crippen LogP contribution in [0.15, 0.2) is 4.79 Å². The van der Waals surface area contributed by atoms with Gasteiger partial charge in [0.2, 0.25) is 5.91 Å². The summed E-state index contributed by atoms with van der Waals surface area (Å²) in [4.78, 5) is 39.7. The molecule has 0 spiro atoms. The predicted molar refractivity (Wildman–Crippen MR) is 105 cm³/mol. The van der Waals surface area contributed by atoms with E-state index in [-0.39, 0.29) is 17.9 Å². The molecule has 0 unspecified atom stereocenters. The van der Waals surface area contributed by atoms with Gasteiger partial charge >= 0.3 is 0 Å². The molecule has 0 fully saturated rings. The number of nitrogens with zero attached hydrogens (tertiary/aromatic N) is 2. The number of thiazole rings is 1. The number of carbonyl (C=O) groups is 1. The van der Waals surface area contributed by atoms with Crippen molar-refractivity contribution in [2.45, 2.75) is 52.4 Å². The van der Waals surface area contributed by atoms with Crippen LogP contribution in [0.5, 0.6) is 0 Å². The number of amides is 1. The Bertz CT molecular complexity index is 1050. The highest BCUT2D eigenvalue weighted by Gasteiger charge is 2.21. The molecular formula is C18H20N4O2S2. The number of aryl methyl sites for hydroxylation is 5. The SMILES string of the molecule is CCc1sc(NC(=O)CCc2nc3sc4c(c3c(=O)[nH]2)CCC4)nc1C. The topological polar surface area (TPSA) is 87.7 Å². The molecule has 6 nitrogen and oxygen atoms in total. The van der Waals surface area contributed by atoms with Crippen molar-refractivity contribution in [3.63, 3.8) is 0 Å². The standard InChI is InChI=1S/C18H20N4O2S2/c1-3-11-9(2)19-18(26-11)22-14(23)8-7-13-20-16(24)15-10-5-4-6-12(10)25-17(15)21-13/h3-8H2,1-2H3,(H,19,22,23)(H,20,21,24). The number of H-pyrrole nitrogens is 1. The third-order valence-electron chi connectivity index (χ3n) is 4.67. The average molecular weight is 389 g/mol. The summed E-state index contributed by atoms with van der Waals surface area (Å²) in [5.74, 6) is 0.458. The summed E-state index contributed by atoms with van der Waals surface area (Å²) in [6, 6.07) is 0. The number of aromatic nitrogens is 3. The summed E-state index contributed by atoms with van der Waals surface area (Å²) in [6.45, 7) is 4.03. The normalized spacial score (nSPS) is 13.3. The van der Waals surface area contributed by atoms with Gasteiger partial charge in [-0.05, 0) is 38.2 Å². The lowest BCUT2D eigenvalue weighted by Crippen LogP contribution is -2.16. The van der Waals surface area contributed by atoms with E-state index in [0.717, 1.165) is 41.6 Å². The minimum atomic E-state index is -0.113. The molecule has 1 aliphatic carbocycles. The molecule has 0 radical (unpaired) electrons. The molecule has 136 valence electrons. The molecular weight excluding hydrogens is 368 g/mol. The molecule has 3 heterocycles. The quantitative estimate of drug-likeness (QED) is 0.701. The van der Waals surface area contributed by atoms with Crippen molar-refractivity contribution in [1.82, 2.24) is 15.0 Å². The fourth-order valence-corrected chi connectivity index (χ4v) is 5.59. The molecule has 1 aliphatic rings. The number of nitrogens with one attached hydrogen (secondary N) is 2. The highest BCUT2D eigenvalue weighted by Crippen LogP contribution is 2.34. The molecule has 0 saturated heterocycles. The van der Waals surface area contributed by atoms with E-state index < -0.39 is 0 Å². The number of rotatable bonds is 5. The zero-order valence-corrected chi connectivity index (χ0v) is 16.4. The largest absolute Gasteiger partial charge is 0.310 e. The molecule has 3 aromatic rings. The molecule has 26 heavy (non-hydrogen) atoms. The lowest BCUT2D eigenvalue weighted by molar-refractivity contribution is -0.116. The Morgan fingerprint density at radius 1 is 1.27 bits per heavy atom. The summed E-state index contributed by atoms with van der Waals surface area (Å²) in [7, 11) is 0. The fraction of sp³-hybridized carbons (Fsp3) is 0.444. The molecule has 8 heteroatoms. The van der Waals surface area contributed by atoms with E-state index in [1.165, 1.54) is 26.7 Å². The molecule has 1 amide bonds. The van der Waals surface area contributed by atoms with E-state index in [1.807, 2.05) is 6.92 Å². The molecule has 0 bridgehead atoms. The molecule has 3 aromatic heterocycles. The van der Waals surface area contributed by atoms with Crippen LogP contribution in [0.3, 0.4) is 0 Å². The first-order valence-corrected chi connectivity index (χ1v) is 10.5. The van der Waals surface area contributed by atoms with Gasteiger partial charge in [0.25, 0.3) is 5.56 Å². The lowest BCUT2D eigenvalue weighted by atomic mass is 10.2. The van der Waals surface area contributed by atoms with E-state index in [9.17, 15) is 9.59 Å². The Morgan fingerprint density at radius 2 is 2.12 bits per heavy atom. The van der Waals surface area contributed by atoms with Gasteiger partial charge in [0.1, 0.15) is 10.7 Å². The first kappa shape index (κ1) is 17.4. The number of hydrogen-bond donors (Lipinski definition) is 2. The number of hydrogen-bond acceptors (Lipinski definition) is 6. The monoisotopic (exact) mass is 388 g/mol. The van der Waals surface area contributed by atoms with Crippen LogP contribution in [-0.2, 0) is 30.5 Å². The maximum Gasteiger partial charge on any atom is 0.259 e. The second-order valence-corrected chi connectivity index (χ2v) is 8.65. The first-order valence-electron chi connectivity index (χ1n) is 8.84. The van der Waals surface area contributed by atoms with Crippen molar-refractivity contribution in [1.29, 1.82) is 0 Å². The maximum atomic E-state index is 12.4. The Kier molecular flexibility index (Phi) is 4.62. The average Bonchev–Trinajstić information content (AvgIpc) is 3.26. The van der Waals surface area contributed by atoms with E-state index in [0.29, 0.717) is 17.4 Å². The van der Waals surface area contributed by atoms with Crippen LogP contribution >= 0.6 is 22.7 Å². The third-order valence-corrected chi connectivity index (χ3v) is 7.08. The summed E-state index contributed by atoms with van der Waals surface area (Å²) in [5.41, 5.74) is 2.07. The Hall–Kier alpha value is -2.06. The van der Waals surface area contributed by atoms with Crippen molar-refractivity contribution in [2.24, 2.45) is 0 Å². The molecule has 0 atom stereocenters. The number of fused-ring (bicyclic) bond motifs is 3. The van der Waals surface area contributed by atoms with Crippen LogP contribution in [0.25, 0.3) is 10.2 Å². The summed E-state index contributed by atoms with van der Waals surface area (Å²) in [6.07, 6.45) is 4.71. The van der Waals surface area contributed by atoms with E-state index >= 15 is 0 Å². The van der Waals surface area contributed by atoms with Crippen molar-refractivity contribution < 1.29 is 4.79 Å². The molecule has 0 aliphatic heterocycles. The Labute approximate surface area is 158 Å². The van der Waals surface area contributed by atoms with Gasteiger partial charge in [-0.25, -0.2) is 9.97 Å². The summed E-state index contributed by atoms with van der Waals surface area (Å²) in [5, 5.41) is 4.23. The van der Waals surface area contributed by atoms with Gasteiger partial charge in [-0.15, -0.1) is 22.7 Å². The van der Waals surface area contributed by atoms with Gasteiger partial charge in [-0.3, -0.25) is 9.59 Å². The van der Waals surface area contributed by atoms with Crippen molar-refractivity contribution in [2.75, 3.05) is 5.32 Å². The maximum absolute atomic E-state index is 12.4. The van der Waals surface area contributed by atoms with Crippen LogP contribution in [0, 0.1) is 6.92 Å². The second-order valence-electron chi connectivity index (χ2n) is 6.48. The Balaban J connectivity index is 1.45. The van der Waals surface area contributed by atoms with E-state index in [1.54, 1.807) is 11.3 Å². The number of carbonyl (C=O) groups excluding carboxylic acids is 1. The third kappa shape index (κ3) is 3.19. The number of aromatic amines is 1. The molecule has 4 rings (SSSR count). The predicted octanol–water partition coefficient (Wildman–Crippen LogP) is 3.37. The summed E-state index contributed by atoms with van der Waals surface area (Å²) < 4.78 is 0. The molecule has 2 N–H and O–H groups in total. The van der Waals surface area contributed by atoms with Crippen molar-refractivity contribution in [3.05, 3.63) is 37.2 Å². The van der Waals surface area contributed by atoms with Gasteiger partial charge in [-0.2, -0.15) is 0 Å². The van der Waals surface area contributed by atoms with Crippen molar-refractivity contribution in [3.8, 4) is 0 Å². The van der Waals surface area contributed by atoms with Gasteiger partial charge in [-0.1, -0.05) is 6.92 Å². The summed E-state index contributed by atoms with van der Waals surface area (Å²) >= 11 is 3.13. The van der Waals surface area contributed by atoms with Crippen LogP contribution < -0.4 is 10.9 Å². The minimum absolute atomic E-state index is 0.0760. The number of anilines is 1. The van der Waals surface area contributed by atoms with Crippen LogP contribution in [0.4, 0.5) is 5.13 Å². The Morgan fingerprint density at radius 3 is 2.88 bits per heavy atom.